The topological polar surface area (TPSA) is 29.1 Å². The van der Waals surface area contributed by atoms with E-state index in [0.717, 1.165) is 11.7 Å². The molecule has 1 N–H and O–H groups in total. The fraction of sp³-hybridized carbons (Fsp3) is 1.00. The summed E-state index contributed by atoms with van der Waals surface area (Å²) in [6.07, 6.45) is 9.90. The number of hydrogen-bond acceptors (Lipinski definition) is 2. The molecule has 0 spiro atoms. The van der Waals surface area contributed by atoms with Crippen molar-refractivity contribution >= 4 is 10.8 Å². The van der Waals surface area contributed by atoms with Gasteiger partial charge in [0.1, 0.15) is 0 Å². The summed E-state index contributed by atoms with van der Waals surface area (Å²) in [5, 5.41) is 3.68. The molecule has 96 valence electrons. The van der Waals surface area contributed by atoms with Gasteiger partial charge in [-0.05, 0) is 32.1 Å². The van der Waals surface area contributed by atoms with Crippen molar-refractivity contribution in [2.75, 3.05) is 12.0 Å². The molecular formula is C13H27NOS. The molecule has 16 heavy (non-hydrogen) atoms. The molecular weight excluding hydrogens is 218 g/mol. The normalized spacial score (nSPS) is 29.2. The second-order valence-electron chi connectivity index (χ2n) is 5.25. The molecule has 0 aliphatic heterocycles. The molecule has 0 aromatic rings. The summed E-state index contributed by atoms with van der Waals surface area (Å²) in [7, 11) is -0.675. The van der Waals surface area contributed by atoms with E-state index in [1.54, 1.807) is 6.26 Å². The van der Waals surface area contributed by atoms with E-state index in [0.29, 0.717) is 12.1 Å². The van der Waals surface area contributed by atoms with Crippen molar-refractivity contribution in [3.05, 3.63) is 0 Å². The zero-order valence-corrected chi connectivity index (χ0v) is 11.8. The van der Waals surface area contributed by atoms with Gasteiger partial charge in [0, 0.05) is 34.9 Å². The van der Waals surface area contributed by atoms with Crippen molar-refractivity contribution in [3.63, 3.8) is 0 Å². The highest BCUT2D eigenvalue weighted by Crippen LogP contribution is 2.30. The quantitative estimate of drug-likeness (QED) is 0.747. The third kappa shape index (κ3) is 4.96. The third-order valence-electron chi connectivity index (χ3n) is 3.57. The Morgan fingerprint density at radius 2 is 2.19 bits per heavy atom. The van der Waals surface area contributed by atoms with E-state index in [4.69, 9.17) is 0 Å². The van der Waals surface area contributed by atoms with Gasteiger partial charge in [0.2, 0.25) is 0 Å². The molecule has 1 saturated carbocycles. The molecule has 1 aliphatic rings. The van der Waals surface area contributed by atoms with E-state index < -0.39 is 10.8 Å². The van der Waals surface area contributed by atoms with Crippen LogP contribution < -0.4 is 5.32 Å². The molecule has 0 radical (unpaired) electrons. The van der Waals surface area contributed by atoms with Crippen LogP contribution in [0.15, 0.2) is 0 Å². The van der Waals surface area contributed by atoms with Crippen LogP contribution in [0.4, 0.5) is 0 Å². The first-order valence-corrected chi connectivity index (χ1v) is 8.42. The molecule has 0 amide bonds. The van der Waals surface area contributed by atoms with Gasteiger partial charge in [0.15, 0.2) is 0 Å². The molecule has 1 rings (SSSR count). The highest BCUT2D eigenvalue weighted by atomic mass is 32.2. The molecule has 0 aromatic heterocycles. The predicted molar refractivity (Wildman–Crippen MR) is 72.2 cm³/mol. The van der Waals surface area contributed by atoms with Crippen LogP contribution in [0, 0.1) is 5.92 Å². The van der Waals surface area contributed by atoms with E-state index in [2.05, 4.69) is 19.2 Å². The maximum absolute atomic E-state index is 11.2. The lowest BCUT2D eigenvalue weighted by Crippen LogP contribution is -2.41. The van der Waals surface area contributed by atoms with Crippen molar-refractivity contribution in [1.82, 2.24) is 5.32 Å². The van der Waals surface area contributed by atoms with Crippen LogP contribution in [0.3, 0.4) is 0 Å². The van der Waals surface area contributed by atoms with Gasteiger partial charge >= 0.3 is 0 Å². The minimum Gasteiger partial charge on any atom is -0.310 e. The van der Waals surface area contributed by atoms with Crippen LogP contribution in [0.25, 0.3) is 0 Å². The molecule has 0 heterocycles. The van der Waals surface area contributed by atoms with Crippen LogP contribution in [0.1, 0.15) is 52.4 Å². The van der Waals surface area contributed by atoms with Crippen molar-refractivity contribution in [2.45, 2.75) is 64.5 Å². The van der Waals surface area contributed by atoms with E-state index in [9.17, 15) is 4.21 Å². The first-order chi connectivity index (χ1) is 7.63. The van der Waals surface area contributed by atoms with Crippen LogP contribution in [0.2, 0.25) is 0 Å². The highest BCUT2D eigenvalue weighted by molar-refractivity contribution is 7.84. The summed E-state index contributed by atoms with van der Waals surface area (Å²) in [6.45, 7) is 4.43. The molecule has 1 fully saturated rings. The number of nitrogens with one attached hydrogen (secondary N) is 1. The van der Waals surface area contributed by atoms with Gasteiger partial charge in [-0.3, -0.25) is 4.21 Å². The number of unbranched alkanes of at least 4 members (excludes halogenated alkanes) is 1. The van der Waals surface area contributed by atoms with Crippen molar-refractivity contribution in [1.29, 1.82) is 0 Å². The second-order valence-corrected chi connectivity index (χ2v) is 6.73. The summed E-state index contributed by atoms with van der Waals surface area (Å²) in [5.74, 6) is 1.66. The van der Waals surface area contributed by atoms with Gasteiger partial charge in [-0.1, -0.05) is 26.2 Å². The lowest BCUT2D eigenvalue weighted by molar-refractivity contribution is 0.350. The zero-order valence-electron chi connectivity index (χ0n) is 11.0. The molecule has 0 saturated heterocycles. The minimum absolute atomic E-state index is 0.401. The fourth-order valence-corrected chi connectivity index (χ4v) is 3.63. The lowest BCUT2D eigenvalue weighted by Gasteiger charge is -2.24. The summed E-state index contributed by atoms with van der Waals surface area (Å²) >= 11 is 0. The Balaban J connectivity index is 2.31. The molecule has 0 bridgehead atoms. The van der Waals surface area contributed by atoms with Crippen LogP contribution >= 0.6 is 0 Å². The van der Waals surface area contributed by atoms with Crippen LogP contribution in [-0.4, -0.2) is 28.3 Å². The van der Waals surface area contributed by atoms with Crippen LogP contribution in [0.5, 0.6) is 0 Å². The number of hydrogen-bond donors (Lipinski definition) is 1. The summed E-state index contributed by atoms with van der Waals surface area (Å²) in [4.78, 5) is 0. The van der Waals surface area contributed by atoms with Crippen molar-refractivity contribution in [3.8, 4) is 0 Å². The molecule has 3 heteroatoms. The van der Waals surface area contributed by atoms with Gasteiger partial charge < -0.3 is 5.32 Å². The summed E-state index contributed by atoms with van der Waals surface area (Å²) in [5.41, 5.74) is 0. The van der Waals surface area contributed by atoms with E-state index in [1.807, 2.05) is 0 Å². The standard InChI is InChI=1S/C13H27NOS/c1-4-5-7-12-8-6-9-13(12)14-11(2)10-16(3)15/h11-14H,4-10H2,1-3H3. The smallest absolute Gasteiger partial charge is 0.0383 e. The Labute approximate surface area is 103 Å². The summed E-state index contributed by atoms with van der Waals surface area (Å²) in [6, 6.07) is 1.09. The Morgan fingerprint density at radius 3 is 2.81 bits per heavy atom. The van der Waals surface area contributed by atoms with Gasteiger partial charge in [-0.25, -0.2) is 0 Å². The Morgan fingerprint density at radius 1 is 1.44 bits per heavy atom. The molecule has 4 unspecified atom stereocenters. The average molecular weight is 245 g/mol. The molecule has 1 aliphatic carbocycles. The van der Waals surface area contributed by atoms with E-state index >= 15 is 0 Å². The SMILES string of the molecule is CCCCC1CCCC1NC(C)CS(C)=O. The van der Waals surface area contributed by atoms with Gasteiger partial charge in [-0.15, -0.1) is 0 Å². The van der Waals surface area contributed by atoms with Gasteiger partial charge in [0.25, 0.3) is 0 Å². The Hall–Kier alpha value is 0.110. The van der Waals surface area contributed by atoms with E-state index in [1.165, 1.54) is 38.5 Å². The zero-order chi connectivity index (χ0) is 12.0. The summed E-state index contributed by atoms with van der Waals surface area (Å²) < 4.78 is 11.2. The Kier molecular flexibility index (Phi) is 6.59. The number of rotatable bonds is 7. The van der Waals surface area contributed by atoms with E-state index in [-0.39, 0.29) is 0 Å². The maximum Gasteiger partial charge on any atom is 0.0383 e. The van der Waals surface area contributed by atoms with Gasteiger partial charge in [-0.2, -0.15) is 0 Å². The third-order valence-corrected chi connectivity index (χ3v) is 4.54. The molecule has 2 nitrogen and oxygen atoms in total. The van der Waals surface area contributed by atoms with Crippen molar-refractivity contribution in [2.24, 2.45) is 5.92 Å². The predicted octanol–water partition coefficient (Wildman–Crippen LogP) is 2.70. The van der Waals surface area contributed by atoms with Crippen molar-refractivity contribution < 1.29 is 4.21 Å². The second kappa shape index (κ2) is 7.44. The fourth-order valence-electron chi connectivity index (χ4n) is 2.83. The largest absolute Gasteiger partial charge is 0.310 e. The van der Waals surface area contributed by atoms with Gasteiger partial charge in [0.05, 0.1) is 0 Å². The monoisotopic (exact) mass is 245 g/mol. The average Bonchev–Trinajstić information content (AvgIpc) is 2.61. The highest BCUT2D eigenvalue weighted by Gasteiger charge is 2.27. The molecule has 4 atom stereocenters. The van der Waals surface area contributed by atoms with Crippen LogP contribution in [-0.2, 0) is 10.8 Å². The first kappa shape index (κ1) is 14.2. The first-order valence-electron chi connectivity index (χ1n) is 6.69. The minimum atomic E-state index is -0.675. The molecule has 0 aromatic carbocycles. The lowest BCUT2D eigenvalue weighted by atomic mass is 9.96. The maximum atomic E-state index is 11.2. The Bertz CT molecular complexity index is 220.